The van der Waals surface area contributed by atoms with Gasteiger partial charge in [0.05, 0.1) is 11.9 Å². The molecule has 5 nitrogen and oxygen atoms in total. The van der Waals surface area contributed by atoms with Crippen LogP contribution in [0.2, 0.25) is 0 Å². The number of rotatable bonds is 1. The van der Waals surface area contributed by atoms with Gasteiger partial charge in [0, 0.05) is 12.4 Å². The van der Waals surface area contributed by atoms with Gasteiger partial charge in [-0.25, -0.2) is 9.97 Å². The number of aromatic nitrogens is 3. The van der Waals surface area contributed by atoms with Gasteiger partial charge in [0.1, 0.15) is 5.69 Å². The zero-order chi connectivity index (χ0) is 8.55. The lowest BCUT2D eigenvalue weighted by Gasteiger charge is -1.92. The number of carbonyl (C=O) groups is 1. The molecule has 0 bridgehead atoms. The lowest BCUT2D eigenvalue weighted by Crippen LogP contribution is -1.91. The highest BCUT2D eigenvalue weighted by Crippen LogP contribution is 2.03. The van der Waals surface area contributed by atoms with E-state index in [4.69, 9.17) is 5.73 Å². The van der Waals surface area contributed by atoms with E-state index in [1.54, 1.807) is 16.8 Å². The highest BCUT2D eigenvalue weighted by molar-refractivity contribution is 5.72. The van der Waals surface area contributed by atoms with E-state index in [2.05, 4.69) is 9.97 Å². The van der Waals surface area contributed by atoms with Crippen LogP contribution in [0.4, 0.5) is 5.69 Å². The second-order valence-electron chi connectivity index (χ2n) is 2.38. The first-order valence-electron chi connectivity index (χ1n) is 3.35. The van der Waals surface area contributed by atoms with E-state index in [1.165, 1.54) is 6.20 Å². The molecule has 0 aromatic carbocycles. The van der Waals surface area contributed by atoms with Crippen LogP contribution in [-0.4, -0.2) is 20.7 Å². The number of hydrogen-bond donors (Lipinski definition) is 1. The first-order chi connectivity index (χ1) is 5.79. The van der Waals surface area contributed by atoms with Crippen molar-refractivity contribution in [1.29, 1.82) is 0 Å². The van der Waals surface area contributed by atoms with E-state index >= 15 is 0 Å². The van der Waals surface area contributed by atoms with Crippen LogP contribution in [0.3, 0.4) is 0 Å². The Hall–Kier alpha value is -1.91. The smallest absolute Gasteiger partial charge is 0.234 e. The summed E-state index contributed by atoms with van der Waals surface area (Å²) >= 11 is 0. The van der Waals surface area contributed by atoms with Gasteiger partial charge in [-0.3, -0.25) is 9.20 Å². The van der Waals surface area contributed by atoms with E-state index in [-0.39, 0.29) is 0 Å². The zero-order valence-electron chi connectivity index (χ0n) is 6.14. The molecule has 2 N–H and O–H groups in total. The Morgan fingerprint density at radius 3 is 3.08 bits per heavy atom. The number of nitrogen functional groups attached to an aromatic ring is 1. The van der Waals surface area contributed by atoms with Crippen molar-refractivity contribution < 1.29 is 4.79 Å². The summed E-state index contributed by atoms with van der Waals surface area (Å²) in [5.74, 6) is 0.478. The molecule has 0 amide bonds. The van der Waals surface area contributed by atoms with Gasteiger partial charge in [-0.05, 0) is 0 Å². The van der Waals surface area contributed by atoms with E-state index < -0.39 is 0 Å². The minimum absolute atomic E-state index is 0.355. The van der Waals surface area contributed by atoms with Crippen LogP contribution < -0.4 is 5.73 Å². The molecule has 0 fully saturated rings. The van der Waals surface area contributed by atoms with Crippen molar-refractivity contribution in [2.24, 2.45) is 0 Å². The standard InChI is InChI=1S/C7H6N4O/c8-5-1-9-7-10-6(4-12)3-11(7)2-5/h1-4H,8H2. The van der Waals surface area contributed by atoms with Gasteiger partial charge in [0.2, 0.25) is 5.78 Å². The maximum atomic E-state index is 10.3. The highest BCUT2D eigenvalue weighted by Gasteiger charge is 2.00. The summed E-state index contributed by atoms with van der Waals surface area (Å²) in [5, 5.41) is 0. The summed E-state index contributed by atoms with van der Waals surface area (Å²) in [6.45, 7) is 0. The number of hydrogen-bond acceptors (Lipinski definition) is 4. The first kappa shape index (κ1) is 6.78. The Kier molecular flexibility index (Phi) is 1.30. The Bertz CT molecular complexity index is 434. The van der Waals surface area contributed by atoms with Crippen molar-refractivity contribution in [1.82, 2.24) is 14.4 Å². The summed E-state index contributed by atoms with van der Waals surface area (Å²) in [5.41, 5.74) is 6.37. The maximum Gasteiger partial charge on any atom is 0.234 e. The van der Waals surface area contributed by atoms with Crippen molar-refractivity contribution >= 4 is 17.8 Å². The quantitative estimate of drug-likeness (QED) is 0.604. The topological polar surface area (TPSA) is 73.3 Å². The summed E-state index contributed by atoms with van der Waals surface area (Å²) < 4.78 is 1.61. The van der Waals surface area contributed by atoms with Crippen LogP contribution >= 0.6 is 0 Å². The van der Waals surface area contributed by atoms with E-state index in [1.807, 2.05) is 0 Å². The van der Waals surface area contributed by atoms with E-state index in [9.17, 15) is 4.79 Å². The van der Waals surface area contributed by atoms with Gasteiger partial charge in [-0.15, -0.1) is 0 Å². The predicted molar refractivity (Wildman–Crippen MR) is 42.8 cm³/mol. The van der Waals surface area contributed by atoms with Crippen LogP contribution in [0.25, 0.3) is 5.78 Å². The van der Waals surface area contributed by atoms with Crippen LogP contribution in [0.15, 0.2) is 18.6 Å². The molecule has 0 radical (unpaired) electrons. The first-order valence-corrected chi connectivity index (χ1v) is 3.35. The number of imidazole rings is 1. The van der Waals surface area contributed by atoms with Crippen LogP contribution in [0.1, 0.15) is 10.5 Å². The lowest BCUT2D eigenvalue weighted by atomic mass is 10.5. The summed E-state index contributed by atoms with van der Waals surface area (Å²) in [4.78, 5) is 18.1. The van der Waals surface area contributed by atoms with E-state index in [0.29, 0.717) is 23.4 Å². The fourth-order valence-corrected chi connectivity index (χ4v) is 0.976. The molecule has 2 heterocycles. The second-order valence-corrected chi connectivity index (χ2v) is 2.38. The van der Waals surface area contributed by atoms with Crippen molar-refractivity contribution in [3.05, 3.63) is 24.3 Å². The number of carbonyl (C=O) groups excluding carboxylic acids is 1. The number of nitrogens with two attached hydrogens (primary N) is 1. The summed E-state index contributed by atoms with van der Waals surface area (Å²) in [6.07, 6.45) is 5.40. The summed E-state index contributed by atoms with van der Waals surface area (Å²) in [6, 6.07) is 0. The van der Waals surface area contributed by atoms with Crippen molar-refractivity contribution in [3.8, 4) is 0 Å². The molecule has 60 valence electrons. The molecule has 2 aromatic rings. The maximum absolute atomic E-state index is 10.3. The molecule has 0 saturated heterocycles. The Labute approximate surface area is 67.9 Å². The van der Waals surface area contributed by atoms with Gasteiger partial charge in [-0.2, -0.15) is 0 Å². The molecule has 2 rings (SSSR count). The molecule has 0 aliphatic heterocycles. The normalized spacial score (nSPS) is 10.3. The molecule has 0 atom stereocenters. The Balaban J connectivity index is 2.75. The van der Waals surface area contributed by atoms with Gasteiger partial charge >= 0.3 is 0 Å². The zero-order valence-corrected chi connectivity index (χ0v) is 6.14. The van der Waals surface area contributed by atoms with Crippen molar-refractivity contribution in [2.45, 2.75) is 0 Å². The summed E-state index contributed by atoms with van der Waals surface area (Å²) in [7, 11) is 0. The fraction of sp³-hybridized carbons (Fsp3) is 0. The van der Waals surface area contributed by atoms with Crippen LogP contribution in [0, 0.1) is 0 Å². The van der Waals surface area contributed by atoms with Crippen molar-refractivity contribution in [3.63, 3.8) is 0 Å². The highest BCUT2D eigenvalue weighted by atomic mass is 16.1. The van der Waals surface area contributed by atoms with Gasteiger partial charge in [0.15, 0.2) is 6.29 Å². The minimum atomic E-state index is 0.355. The molecule has 0 aliphatic carbocycles. The van der Waals surface area contributed by atoms with Crippen LogP contribution in [0.5, 0.6) is 0 Å². The third kappa shape index (κ3) is 0.914. The average Bonchev–Trinajstić information content (AvgIpc) is 2.46. The molecule has 2 aromatic heterocycles. The Morgan fingerprint density at radius 1 is 1.50 bits per heavy atom. The monoisotopic (exact) mass is 162 g/mol. The molecular formula is C7H6N4O. The SMILES string of the molecule is Nc1cnc2nc(C=O)cn2c1. The molecule has 0 unspecified atom stereocenters. The lowest BCUT2D eigenvalue weighted by molar-refractivity contribution is 0.111. The third-order valence-corrected chi connectivity index (χ3v) is 1.47. The number of nitrogens with zero attached hydrogens (tertiary/aromatic N) is 3. The third-order valence-electron chi connectivity index (χ3n) is 1.47. The number of fused-ring (bicyclic) bond motifs is 1. The van der Waals surface area contributed by atoms with E-state index in [0.717, 1.165) is 0 Å². The number of aldehydes is 1. The van der Waals surface area contributed by atoms with Gasteiger partial charge in [-0.1, -0.05) is 0 Å². The molecule has 12 heavy (non-hydrogen) atoms. The molecule has 5 heteroatoms. The Morgan fingerprint density at radius 2 is 2.33 bits per heavy atom. The molecule has 0 saturated carbocycles. The average molecular weight is 162 g/mol. The van der Waals surface area contributed by atoms with Gasteiger partial charge in [0.25, 0.3) is 0 Å². The van der Waals surface area contributed by atoms with Crippen molar-refractivity contribution in [2.75, 3.05) is 5.73 Å². The number of anilines is 1. The molecular weight excluding hydrogens is 156 g/mol. The fourth-order valence-electron chi connectivity index (χ4n) is 0.976. The second kappa shape index (κ2) is 2.30. The van der Waals surface area contributed by atoms with Crippen LogP contribution in [-0.2, 0) is 0 Å². The minimum Gasteiger partial charge on any atom is -0.396 e. The molecule has 0 spiro atoms. The largest absolute Gasteiger partial charge is 0.396 e. The van der Waals surface area contributed by atoms with Gasteiger partial charge < -0.3 is 5.73 Å². The predicted octanol–water partition coefficient (Wildman–Crippen LogP) is 0.124. The molecule has 0 aliphatic rings.